The molecule has 7 heteroatoms. The van der Waals surface area contributed by atoms with Gasteiger partial charge in [0.15, 0.2) is 0 Å². The van der Waals surface area contributed by atoms with Crippen LogP contribution in [0.15, 0.2) is 42.5 Å². The first-order chi connectivity index (χ1) is 12.8. The Balaban J connectivity index is 0.00000280. The first kappa shape index (κ1) is 23.4. The molecule has 0 bridgehead atoms. The zero-order chi connectivity index (χ0) is 19.4. The predicted molar refractivity (Wildman–Crippen MR) is 111 cm³/mol. The second-order valence-electron chi connectivity index (χ2n) is 7.56. The normalized spacial score (nSPS) is 15.0. The van der Waals surface area contributed by atoms with Crippen molar-refractivity contribution >= 4 is 34.8 Å². The summed E-state index contributed by atoms with van der Waals surface area (Å²) >= 11 is 11.9. The fourth-order valence-electron chi connectivity index (χ4n) is 3.57. The van der Waals surface area contributed by atoms with Gasteiger partial charge in [-0.15, -0.1) is 0 Å². The molecule has 3 rings (SSSR count). The molecule has 0 aliphatic carbocycles. The zero-order valence-electron chi connectivity index (χ0n) is 16.1. The van der Waals surface area contributed by atoms with E-state index < -0.39 is 0 Å². The van der Waals surface area contributed by atoms with Gasteiger partial charge in [0.25, 0.3) is 5.91 Å². The number of halogens is 3. The van der Waals surface area contributed by atoms with Crippen molar-refractivity contribution in [3.63, 3.8) is 0 Å². The number of hydrogen-bond acceptors (Lipinski definition) is 2. The number of nitrogens with zero attached hydrogens (tertiary/aromatic N) is 1. The standard InChI is InChI=1S/C21H24Cl2N2O2.HI/c1-25(2,18-8-10-27-11-9-18)14-15-4-3-5-17(12-15)24-21(26)16-6-7-19(22)20(23)13-16;/h3-7,12-13,18H,8-11,14H2,1-2H3;1H. The third-order valence-corrected chi connectivity index (χ3v) is 5.88. The Morgan fingerprint density at radius 3 is 2.50 bits per heavy atom. The van der Waals surface area contributed by atoms with Gasteiger partial charge in [-0.3, -0.25) is 4.79 Å². The molecule has 1 heterocycles. The van der Waals surface area contributed by atoms with Gasteiger partial charge in [0.05, 0.1) is 43.4 Å². The van der Waals surface area contributed by atoms with Crippen molar-refractivity contribution in [2.75, 3.05) is 32.6 Å². The minimum absolute atomic E-state index is 0. The molecule has 28 heavy (non-hydrogen) atoms. The van der Waals surface area contributed by atoms with Crippen LogP contribution in [0.3, 0.4) is 0 Å². The second kappa shape index (κ2) is 10.3. The molecule has 4 nitrogen and oxygen atoms in total. The molecule has 1 amide bonds. The van der Waals surface area contributed by atoms with Crippen molar-refractivity contribution in [1.29, 1.82) is 0 Å². The fraction of sp³-hybridized carbons (Fsp3) is 0.381. The highest BCUT2D eigenvalue weighted by Gasteiger charge is 2.30. The van der Waals surface area contributed by atoms with Gasteiger partial charge < -0.3 is 38.5 Å². The summed E-state index contributed by atoms with van der Waals surface area (Å²) in [5.41, 5.74) is 2.45. The van der Waals surface area contributed by atoms with Crippen molar-refractivity contribution in [2.24, 2.45) is 0 Å². The lowest BCUT2D eigenvalue weighted by Gasteiger charge is -2.40. The molecule has 2 aromatic carbocycles. The summed E-state index contributed by atoms with van der Waals surface area (Å²) in [4.78, 5) is 12.5. The lowest BCUT2D eigenvalue weighted by Crippen LogP contribution is -3.00. The molecule has 0 spiro atoms. The second-order valence-corrected chi connectivity index (χ2v) is 8.38. The number of quaternary nitrogens is 1. The summed E-state index contributed by atoms with van der Waals surface area (Å²) in [7, 11) is 4.52. The third kappa shape index (κ3) is 6.07. The number of benzene rings is 2. The largest absolute Gasteiger partial charge is 1.00 e. The molecule has 0 atom stereocenters. The van der Waals surface area contributed by atoms with E-state index in [9.17, 15) is 4.79 Å². The van der Waals surface area contributed by atoms with E-state index in [0.29, 0.717) is 21.7 Å². The van der Waals surface area contributed by atoms with Crippen LogP contribution in [0.4, 0.5) is 5.69 Å². The van der Waals surface area contributed by atoms with Gasteiger partial charge in [0.1, 0.15) is 6.54 Å². The van der Waals surface area contributed by atoms with Gasteiger partial charge in [-0.05, 0) is 30.3 Å². The summed E-state index contributed by atoms with van der Waals surface area (Å²) in [5.74, 6) is -0.205. The first-order valence-electron chi connectivity index (χ1n) is 9.11. The predicted octanol–water partition coefficient (Wildman–Crippen LogP) is 2.01. The van der Waals surface area contributed by atoms with Crippen LogP contribution >= 0.6 is 23.2 Å². The Morgan fingerprint density at radius 2 is 1.82 bits per heavy atom. The van der Waals surface area contributed by atoms with Gasteiger partial charge in [-0.2, -0.15) is 0 Å². The molecule has 0 saturated carbocycles. The van der Waals surface area contributed by atoms with Gasteiger partial charge in [0, 0.05) is 29.7 Å². The highest BCUT2D eigenvalue weighted by Crippen LogP contribution is 2.25. The maximum atomic E-state index is 12.5. The minimum Gasteiger partial charge on any atom is -1.00 e. The Bertz CT molecular complexity index is 824. The molecular weight excluding hydrogens is 510 g/mol. The van der Waals surface area contributed by atoms with Crippen LogP contribution in [-0.2, 0) is 11.3 Å². The summed E-state index contributed by atoms with van der Waals surface area (Å²) in [6, 6.07) is 13.5. The number of hydrogen-bond donors (Lipinski definition) is 1. The summed E-state index contributed by atoms with van der Waals surface area (Å²) in [6.07, 6.45) is 2.17. The topological polar surface area (TPSA) is 38.3 Å². The smallest absolute Gasteiger partial charge is 0.255 e. The number of rotatable bonds is 5. The molecule has 152 valence electrons. The monoisotopic (exact) mass is 534 g/mol. The summed E-state index contributed by atoms with van der Waals surface area (Å²) in [6.45, 7) is 2.58. The van der Waals surface area contributed by atoms with Crippen LogP contribution in [0, 0.1) is 0 Å². The van der Waals surface area contributed by atoms with Gasteiger partial charge in [0.2, 0.25) is 0 Å². The Kier molecular flexibility index (Phi) is 8.58. The molecule has 1 aliphatic heterocycles. The number of ether oxygens (including phenoxy) is 1. The number of amides is 1. The van der Waals surface area contributed by atoms with Gasteiger partial charge in [-0.1, -0.05) is 35.3 Å². The third-order valence-electron chi connectivity index (χ3n) is 5.14. The number of nitrogens with one attached hydrogen (secondary N) is 1. The molecule has 0 radical (unpaired) electrons. The Labute approximate surface area is 193 Å². The lowest BCUT2D eigenvalue weighted by atomic mass is 10.0. The molecule has 0 aromatic heterocycles. The van der Waals surface area contributed by atoms with Crippen LogP contribution in [0.1, 0.15) is 28.8 Å². The molecule has 0 unspecified atom stereocenters. The Morgan fingerprint density at radius 1 is 1.11 bits per heavy atom. The van der Waals surface area contributed by atoms with Gasteiger partial charge >= 0.3 is 0 Å². The van der Waals surface area contributed by atoms with Gasteiger partial charge in [-0.25, -0.2) is 0 Å². The van der Waals surface area contributed by atoms with E-state index in [1.54, 1.807) is 18.2 Å². The number of carbonyl (C=O) groups excluding carboxylic acids is 1. The van der Waals surface area contributed by atoms with Crippen molar-refractivity contribution < 1.29 is 38.0 Å². The van der Waals surface area contributed by atoms with Crippen molar-refractivity contribution in [3.8, 4) is 0 Å². The lowest BCUT2D eigenvalue weighted by molar-refractivity contribution is -0.929. The van der Waals surface area contributed by atoms with Crippen molar-refractivity contribution in [2.45, 2.75) is 25.4 Å². The maximum Gasteiger partial charge on any atom is 0.255 e. The zero-order valence-corrected chi connectivity index (χ0v) is 19.7. The SMILES string of the molecule is C[N+](C)(Cc1cccc(NC(=O)c2ccc(Cl)c(Cl)c2)c1)C1CCOCC1.[I-]. The maximum absolute atomic E-state index is 12.5. The van der Waals surface area contributed by atoms with E-state index >= 15 is 0 Å². The van der Waals surface area contributed by atoms with Crippen molar-refractivity contribution in [3.05, 3.63) is 63.6 Å². The van der Waals surface area contributed by atoms with E-state index in [4.69, 9.17) is 27.9 Å². The molecule has 1 aliphatic rings. The minimum atomic E-state index is -0.205. The average Bonchev–Trinajstić information content (AvgIpc) is 2.64. The van der Waals surface area contributed by atoms with E-state index in [1.165, 1.54) is 5.56 Å². The highest BCUT2D eigenvalue weighted by atomic mass is 127. The van der Waals surface area contributed by atoms with Crippen molar-refractivity contribution in [1.82, 2.24) is 0 Å². The number of anilines is 1. The van der Waals surface area contributed by atoms with Crippen LogP contribution in [0.2, 0.25) is 10.0 Å². The van der Waals surface area contributed by atoms with Crippen LogP contribution in [-0.4, -0.2) is 43.7 Å². The fourth-order valence-corrected chi connectivity index (χ4v) is 3.87. The molecule has 1 saturated heterocycles. The molecule has 1 N–H and O–H groups in total. The summed E-state index contributed by atoms with van der Waals surface area (Å²) in [5, 5.41) is 3.75. The highest BCUT2D eigenvalue weighted by molar-refractivity contribution is 6.42. The van der Waals surface area contributed by atoms with E-state index in [-0.39, 0.29) is 29.9 Å². The summed E-state index contributed by atoms with van der Waals surface area (Å²) < 4.78 is 6.40. The van der Waals surface area contributed by atoms with Crippen LogP contribution in [0.25, 0.3) is 0 Å². The van der Waals surface area contributed by atoms with E-state index in [2.05, 4.69) is 25.5 Å². The Hall–Kier alpha value is -0.860. The van der Waals surface area contributed by atoms with E-state index in [0.717, 1.165) is 42.8 Å². The average molecular weight is 535 g/mol. The molecule has 2 aromatic rings. The van der Waals surface area contributed by atoms with Crippen LogP contribution in [0.5, 0.6) is 0 Å². The van der Waals surface area contributed by atoms with Crippen LogP contribution < -0.4 is 29.3 Å². The number of carbonyl (C=O) groups is 1. The quantitative estimate of drug-likeness (QED) is 0.471. The molecule has 1 fully saturated rings. The van der Waals surface area contributed by atoms with E-state index in [1.807, 2.05) is 18.2 Å². The first-order valence-corrected chi connectivity index (χ1v) is 9.86. The molecular formula is C21H25Cl2IN2O2.